The van der Waals surface area contributed by atoms with Crippen molar-refractivity contribution in [2.24, 2.45) is 0 Å². The highest BCUT2D eigenvalue weighted by atomic mass is 35.5. The summed E-state index contributed by atoms with van der Waals surface area (Å²) in [5.41, 5.74) is -0.196. The Morgan fingerprint density at radius 3 is 2.20 bits per heavy atom. The van der Waals surface area contributed by atoms with Crippen LogP contribution in [-0.2, 0) is 6.18 Å². The smallest absolute Gasteiger partial charge is 0.420 e. The maximum absolute atomic E-state index is 13.3. The highest BCUT2D eigenvalue weighted by Gasteiger charge is 2.38. The molecule has 0 spiro atoms. The number of para-hydroxylation sites is 1. The quantitative estimate of drug-likeness (QED) is 0.555. The summed E-state index contributed by atoms with van der Waals surface area (Å²) >= 11 is 5.75. The lowest BCUT2D eigenvalue weighted by Gasteiger charge is -2.07. The summed E-state index contributed by atoms with van der Waals surface area (Å²) in [6, 6.07) is 12.2. The van der Waals surface area contributed by atoms with Crippen LogP contribution < -0.4 is 0 Å². The zero-order chi connectivity index (χ0) is 14.3. The van der Waals surface area contributed by atoms with Gasteiger partial charge < -0.3 is 4.42 Å². The van der Waals surface area contributed by atoms with Crippen molar-refractivity contribution < 1.29 is 17.6 Å². The van der Waals surface area contributed by atoms with Crippen LogP contribution in [0.4, 0.5) is 13.2 Å². The maximum atomic E-state index is 13.3. The molecule has 0 radical (unpaired) electrons. The highest BCUT2D eigenvalue weighted by molar-refractivity contribution is 6.30. The van der Waals surface area contributed by atoms with E-state index in [-0.39, 0.29) is 16.7 Å². The van der Waals surface area contributed by atoms with Gasteiger partial charge in [0.25, 0.3) is 0 Å². The van der Waals surface area contributed by atoms with Crippen LogP contribution in [0.15, 0.2) is 52.9 Å². The molecule has 1 aromatic heterocycles. The largest absolute Gasteiger partial charge is 0.455 e. The van der Waals surface area contributed by atoms with Crippen molar-refractivity contribution in [3.8, 4) is 11.3 Å². The van der Waals surface area contributed by atoms with E-state index in [1.165, 1.54) is 36.4 Å². The molecule has 0 aliphatic heterocycles. The first-order valence-electron chi connectivity index (χ1n) is 5.81. The summed E-state index contributed by atoms with van der Waals surface area (Å²) in [4.78, 5) is 0. The van der Waals surface area contributed by atoms with Crippen molar-refractivity contribution in [1.82, 2.24) is 0 Å². The van der Waals surface area contributed by atoms with Gasteiger partial charge in [0, 0.05) is 16.0 Å². The molecule has 1 nitrogen and oxygen atoms in total. The van der Waals surface area contributed by atoms with Crippen molar-refractivity contribution in [3.05, 3.63) is 59.1 Å². The minimum atomic E-state index is -4.48. The van der Waals surface area contributed by atoms with Crippen molar-refractivity contribution in [2.45, 2.75) is 6.18 Å². The minimum Gasteiger partial charge on any atom is -0.455 e. The second-order valence-corrected chi connectivity index (χ2v) is 4.74. The van der Waals surface area contributed by atoms with Crippen LogP contribution in [0.2, 0.25) is 5.02 Å². The van der Waals surface area contributed by atoms with Crippen LogP contribution in [0, 0.1) is 0 Å². The van der Waals surface area contributed by atoms with Gasteiger partial charge in [0.2, 0.25) is 0 Å². The molecule has 3 rings (SSSR count). The van der Waals surface area contributed by atoms with Crippen LogP contribution >= 0.6 is 11.6 Å². The Bertz CT molecular complexity index is 757. The highest BCUT2D eigenvalue weighted by Crippen LogP contribution is 2.43. The van der Waals surface area contributed by atoms with E-state index < -0.39 is 11.7 Å². The molecule has 0 aliphatic rings. The molecule has 0 aliphatic carbocycles. The molecular weight excluding hydrogens is 289 g/mol. The second kappa shape index (κ2) is 4.56. The van der Waals surface area contributed by atoms with E-state index >= 15 is 0 Å². The van der Waals surface area contributed by atoms with Crippen LogP contribution in [0.3, 0.4) is 0 Å². The van der Waals surface area contributed by atoms with Crippen molar-refractivity contribution in [3.63, 3.8) is 0 Å². The number of fused-ring (bicyclic) bond motifs is 1. The summed E-state index contributed by atoms with van der Waals surface area (Å²) in [5.74, 6) is -0.185. The van der Waals surface area contributed by atoms with Gasteiger partial charge in [-0.05, 0) is 30.3 Å². The molecule has 2 aromatic carbocycles. The second-order valence-electron chi connectivity index (χ2n) is 4.31. The fourth-order valence-corrected chi connectivity index (χ4v) is 2.26. The number of hydrogen-bond acceptors (Lipinski definition) is 1. The van der Waals surface area contributed by atoms with Crippen LogP contribution in [0.25, 0.3) is 22.3 Å². The van der Waals surface area contributed by atoms with Gasteiger partial charge >= 0.3 is 6.18 Å². The van der Waals surface area contributed by atoms with Gasteiger partial charge in [-0.15, -0.1) is 0 Å². The number of halogens is 4. The zero-order valence-electron chi connectivity index (χ0n) is 10.0. The summed E-state index contributed by atoms with van der Waals surface area (Å²) < 4.78 is 45.3. The third kappa shape index (κ3) is 2.16. The summed E-state index contributed by atoms with van der Waals surface area (Å²) in [6.07, 6.45) is -4.48. The van der Waals surface area contributed by atoms with Crippen molar-refractivity contribution >= 4 is 22.6 Å². The molecule has 0 bridgehead atoms. The first kappa shape index (κ1) is 13.1. The molecule has 0 unspecified atom stereocenters. The van der Waals surface area contributed by atoms with E-state index in [0.717, 1.165) is 0 Å². The third-order valence-electron chi connectivity index (χ3n) is 2.99. The average Bonchev–Trinajstić information content (AvgIpc) is 2.78. The van der Waals surface area contributed by atoms with Crippen LogP contribution in [-0.4, -0.2) is 0 Å². The van der Waals surface area contributed by atoms with Crippen LogP contribution in [0.5, 0.6) is 0 Å². The molecule has 0 saturated heterocycles. The minimum absolute atomic E-state index is 0.0601. The van der Waals surface area contributed by atoms with Crippen molar-refractivity contribution in [2.75, 3.05) is 0 Å². The van der Waals surface area contributed by atoms with Gasteiger partial charge in [-0.3, -0.25) is 0 Å². The Hall–Kier alpha value is -1.94. The molecule has 1 heterocycles. The molecule has 0 saturated carbocycles. The van der Waals surface area contributed by atoms with E-state index in [9.17, 15) is 13.2 Å². The van der Waals surface area contributed by atoms with Gasteiger partial charge in [0.1, 0.15) is 16.9 Å². The van der Waals surface area contributed by atoms with Gasteiger partial charge in [-0.2, -0.15) is 13.2 Å². The third-order valence-corrected chi connectivity index (χ3v) is 3.24. The molecule has 0 N–H and O–H groups in total. The number of benzene rings is 2. The van der Waals surface area contributed by atoms with Gasteiger partial charge in [-0.25, -0.2) is 0 Å². The Kier molecular flexibility index (Phi) is 2.98. The van der Waals surface area contributed by atoms with E-state index in [1.807, 2.05) is 0 Å². The van der Waals surface area contributed by atoms with E-state index in [4.69, 9.17) is 16.0 Å². The van der Waals surface area contributed by atoms with E-state index in [0.29, 0.717) is 10.6 Å². The standard InChI is InChI=1S/C15H8ClF3O/c16-10-7-5-9(6-8-10)14-13(15(17,18)19)11-3-1-2-4-12(11)20-14/h1-8H. The topological polar surface area (TPSA) is 13.1 Å². The number of furan rings is 1. The first-order chi connectivity index (χ1) is 9.47. The Labute approximate surface area is 117 Å². The summed E-state index contributed by atoms with van der Waals surface area (Å²) in [6.45, 7) is 0. The van der Waals surface area contributed by atoms with Gasteiger partial charge in [0.15, 0.2) is 0 Å². The van der Waals surface area contributed by atoms with Gasteiger partial charge in [-0.1, -0.05) is 29.8 Å². The zero-order valence-corrected chi connectivity index (χ0v) is 10.8. The van der Waals surface area contributed by atoms with Gasteiger partial charge in [0.05, 0.1) is 0 Å². The Balaban J connectivity index is 2.32. The average molecular weight is 297 g/mol. The Morgan fingerprint density at radius 1 is 0.900 bits per heavy atom. The summed E-state index contributed by atoms with van der Waals surface area (Å²) in [7, 11) is 0. The molecule has 20 heavy (non-hydrogen) atoms. The fraction of sp³-hybridized carbons (Fsp3) is 0.0667. The predicted octanol–water partition coefficient (Wildman–Crippen LogP) is 5.77. The molecule has 0 atom stereocenters. The predicted molar refractivity (Wildman–Crippen MR) is 71.7 cm³/mol. The lowest BCUT2D eigenvalue weighted by atomic mass is 10.1. The SMILES string of the molecule is FC(F)(F)c1c(-c2ccc(Cl)cc2)oc2ccccc12. The maximum Gasteiger partial charge on any atom is 0.420 e. The van der Waals surface area contributed by atoms with Crippen LogP contribution in [0.1, 0.15) is 5.56 Å². The monoisotopic (exact) mass is 296 g/mol. The number of alkyl halides is 3. The number of rotatable bonds is 1. The Morgan fingerprint density at radius 2 is 1.55 bits per heavy atom. The lowest BCUT2D eigenvalue weighted by Crippen LogP contribution is -2.05. The fourth-order valence-electron chi connectivity index (χ4n) is 2.13. The summed E-state index contributed by atoms with van der Waals surface area (Å²) in [5, 5.41) is 0.517. The molecule has 0 amide bonds. The van der Waals surface area contributed by atoms with E-state index in [2.05, 4.69) is 0 Å². The lowest BCUT2D eigenvalue weighted by molar-refractivity contribution is -0.136. The molecular formula is C15H8ClF3O. The molecule has 3 aromatic rings. The van der Waals surface area contributed by atoms with Crippen molar-refractivity contribution in [1.29, 1.82) is 0 Å². The van der Waals surface area contributed by atoms with E-state index in [1.54, 1.807) is 12.1 Å². The normalized spacial score (nSPS) is 12.0. The molecule has 102 valence electrons. The first-order valence-corrected chi connectivity index (χ1v) is 6.19. The number of hydrogen-bond donors (Lipinski definition) is 0. The molecule has 0 fully saturated rings. The molecule has 5 heteroatoms.